The van der Waals surface area contributed by atoms with Crippen molar-refractivity contribution in [2.45, 2.75) is 38.5 Å². The summed E-state index contributed by atoms with van der Waals surface area (Å²) in [5.41, 5.74) is 1.77. The monoisotopic (exact) mass is 610 g/mol. The van der Waals surface area contributed by atoms with Gasteiger partial charge in [0.15, 0.2) is 23.0 Å². The zero-order valence-corrected chi connectivity index (χ0v) is 24.3. The summed E-state index contributed by atoms with van der Waals surface area (Å²) < 4.78 is 53.2. The molecule has 1 aromatic heterocycles. The molecule has 0 saturated heterocycles. The number of hydrogen-bond acceptors (Lipinski definition) is 7. The van der Waals surface area contributed by atoms with Crippen molar-refractivity contribution in [3.05, 3.63) is 75.5 Å². The summed E-state index contributed by atoms with van der Waals surface area (Å²) >= 11 is 12.8. The molecule has 0 unspecified atom stereocenters. The van der Waals surface area contributed by atoms with Crippen LogP contribution in [0.1, 0.15) is 35.6 Å². The molecule has 1 amide bonds. The first-order valence-corrected chi connectivity index (χ1v) is 13.6. The van der Waals surface area contributed by atoms with E-state index < -0.39 is 18.8 Å². The van der Waals surface area contributed by atoms with Crippen LogP contribution in [0.5, 0.6) is 23.0 Å². The second-order valence-electron chi connectivity index (χ2n) is 9.54. The standard InChI is InChI=1S/C29H30Cl2F2N2O6/c1-35(15-18-6-8-23(37-2)26(10-18)38-3)29(36)41-25(12-20-21(30)13-34-14-22(20)31)19-7-9-24(40-28(32)33)27(11-19)39-16-17-4-5-17/h6-11,13-14,17,25,28H,4-5,12,15-16H2,1-3H3/t25-/m0/s1. The van der Waals surface area contributed by atoms with Crippen molar-refractivity contribution in [1.29, 1.82) is 0 Å². The Hall–Kier alpha value is -3.50. The summed E-state index contributed by atoms with van der Waals surface area (Å²) in [5, 5.41) is 0.584. The molecular formula is C29H30Cl2F2N2O6. The van der Waals surface area contributed by atoms with E-state index in [9.17, 15) is 13.6 Å². The summed E-state index contributed by atoms with van der Waals surface area (Å²) in [4.78, 5) is 18.7. The number of benzene rings is 2. The molecule has 4 rings (SSSR count). The lowest BCUT2D eigenvalue weighted by Gasteiger charge is -2.25. The Morgan fingerprint density at radius 1 is 1.00 bits per heavy atom. The molecule has 3 aromatic rings. The minimum atomic E-state index is -3.03. The molecule has 2 aromatic carbocycles. The molecule has 0 N–H and O–H groups in total. The topological polar surface area (TPSA) is 79.4 Å². The molecular weight excluding hydrogens is 581 g/mol. The van der Waals surface area contributed by atoms with Gasteiger partial charge >= 0.3 is 12.7 Å². The number of halogens is 4. The first-order chi connectivity index (χ1) is 19.7. The fraction of sp³-hybridized carbons (Fsp3) is 0.379. The number of nitrogens with zero attached hydrogens (tertiary/aromatic N) is 2. The molecule has 1 heterocycles. The second-order valence-corrected chi connectivity index (χ2v) is 10.4. The quantitative estimate of drug-likeness (QED) is 0.200. The minimum Gasteiger partial charge on any atom is -0.493 e. The van der Waals surface area contributed by atoms with E-state index in [1.807, 2.05) is 6.07 Å². The summed E-state index contributed by atoms with van der Waals surface area (Å²) in [6.07, 6.45) is 3.44. The van der Waals surface area contributed by atoms with Crippen LogP contribution in [0.2, 0.25) is 10.0 Å². The van der Waals surface area contributed by atoms with Crippen LogP contribution in [-0.2, 0) is 17.7 Å². The Labute approximate surface area is 247 Å². The van der Waals surface area contributed by atoms with Crippen LogP contribution in [-0.4, -0.2) is 50.5 Å². The highest BCUT2D eigenvalue weighted by atomic mass is 35.5. The van der Waals surface area contributed by atoms with Crippen LogP contribution in [0.4, 0.5) is 13.6 Å². The summed E-state index contributed by atoms with van der Waals surface area (Å²) in [5.74, 6) is 1.47. The predicted molar refractivity (Wildman–Crippen MR) is 149 cm³/mol. The molecule has 41 heavy (non-hydrogen) atoms. The molecule has 8 nitrogen and oxygen atoms in total. The molecule has 1 aliphatic carbocycles. The van der Waals surface area contributed by atoms with Crippen LogP contribution in [0.25, 0.3) is 0 Å². The van der Waals surface area contributed by atoms with Gasteiger partial charge in [-0.25, -0.2) is 4.79 Å². The van der Waals surface area contributed by atoms with Gasteiger partial charge in [-0.3, -0.25) is 4.98 Å². The molecule has 220 valence electrons. The van der Waals surface area contributed by atoms with Crippen molar-refractivity contribution < 1.29 is 37.3 Å². The third-order valence-electron chi connectivity index (χ3n) is 6.49. The first-order valence-electron chi connectivity index (χ1n) is 12.8. The van der Waals surface area contributed by atoms with E-state index in [1.165, 1.54) is 49.7 Å². The average molecular weight is 611 g/mol. The number of alkyl halides is 2. The molecule has 0 aliphatic heterocycles. The summed E-state index contributed by atoms with van der Waals surface area (Å²) in [6.45, 7) is -2.46. The SMILES string of the molecule is COc1ccc(CN(C)C(=O)O[C@@H](Cc2c(Cl)cncc2Cl)c2ccc(OC(F)F)c(OCC3CC3)c2)cc1OC. The van der Waals surface area contributed by atoms with Gasteiger partial charge in [-0.15, -0.1) is 0 Å². The molecule has 0 spiro atoms. The highest BCUT2D eigenvalue weighted by Crippen LogP contribution is 2.38. The first kappa shape index (κ1) is 30.5. The third kappa shape index (κ3) is 8.27. The molecule has 12 heteroatoms. The number of hydrogen-bond donors (Lipinski definition) is 0. The van der Waals surface area contributed by atoms with Crippen LogP contribution in [0.15, 0.2) is 48.8 Å². The number of pyridine rings is 1. The van der Waals surface area contributed by atoms with E-state index in [4.69, 9.17) is 42.1 Å². The van der Waals surface area contributed by atoms with Crippen molar-refractivity contribution in [3.8, 4) is 23.0 Å². The van der Waals surface area contributed by atoms with Crippen LogP contribution >= 0.6 is 23.2 Å². The molecule has 0 bridgehead atoms. The van der Waals surface area contributed by atoms with Gasteiger partial charge in [-0.05, 0) is 59.7 Å². The van der Waals surface area contributed by atoms with E-state index in [0.717, 1.165) is 18.4 Å². The maximum absolute atomic E-state index is 13.3. The smallest absolute Gasteiger partial charge is 0.410 e. The number of carbonyl (C=O) groups is 1. The number of amides is 1. The van der Waals surface area contributed by atoms with Crippen LogP contribution < -0.4 is 18.9 Å². The maximum Gasteiger partial charge on any atom is 0.410 e. The Morgan fingerprint density at radius 2 is 1.68 bits per heavy atom. The van der Waals surface area contributed by atoms with Crippen molar-refractivity contribution >= 4 is 29.3 Å². The number of ether oxygens (including phenoxy) is 5. The molecule has 1 fully saturated rings. The predicted octanol–water partition coefficient (Wildman–Crippen LogP) is 7.35. The van der Waals surface area contributed by atoms with E-state index in [1.54, 1.807) is 19.2 Å². The van der Waals surface area contributed by atoms with Gasteiger partial charge < -0.3 is 28.6 Å². The Balaban J connectivity index is 1.60. The lowest BCUT2D eigenvalue weighted by Crippen LogP contribution is -2.29. The van der Waals surface area contributed by atoms with Crippen molar-refractivity contribution in [3.63, 3.8) is 0 Å². The van der Waals surface area contributed by atoms with Gasteiger partial charge in [0.1, 0.15) is 6.10 Å². The largest absolute Gasteiger partial charge is 0.493 e. The van der Waals surface area contributed by atoms with Crippen molar-refractivity contribution in [2.24, 2.45) is 5.92 Å². The summed E-state index contributed by atoms with van der Waals surface area (Å²) in [7, 11) is 4.66. The Kier molecular flexibility index (Phi) is 10.3. The number of rotatable bonds is 13. The maximum atomic E-state index is 13.3. The van der Waals surface area contributed by atoms with Crippen LogP contribution in [0.3, 0.4) is 0 Å². The van der Waals surface area contributed by atoms with Gasteiger partial charge in [-0.2, -0.15) is 8.78 Å². The van der Waals surface area contributed by atoms with Gasteiger partial charge in [0.2, 0.25) is 0 Å². The second kappa shape index (κ2) is 13.9. The Morgan fingerprint density at radius 3 is 2.32 bits per heavy atom. The zero-order valence-electron chi connectivity index (χ0n) is 22.7. The molecule has 1 saturated carbocycles. The lowest BCUT2D eigenvalue weighted by molar-refractivity contribution is -0.0515. The molecule has 1 atom stereocenters. The van der Waals surface area contributed by atoms with E-state index in [0.29, 0.717) is 45.2 Å². The molecule has 1 aliphatic rings. The zero-order chi connectivity index (χ0) is 29.5. The van der Waals surface area contributed by atoms with Crippen LogP contribution in [0, 0.1) is 5.92 Å². The highest BCUT2D eigenvalue weighted by molar-refractivity contribution is 6.35. The number of methoxy groups -OCH3 is 2. The van der Waals surface area contributed by atoms with Gasteiger partial charge in [0, 0.05) is 32.4 Å². The fourth-order valence-corrected chi connectivity index (χ4v) is 4.62. The Bertz CT molecular complexity index is 1340. The van der Waals surface area contributed by atoms with Gasteiger partial charge in [0.05, 0.1) is 30.9 Å². The summed E-state index contributed by atoms with van der Waals surface area (Å²) in [6, 6.07) is 9.77. The van der Waals surface area contributed by atoms with Crippen molar-refractivity contribution in [1.82, 2.24) is 9.88 Å². The van der Waals surface area contributed by atoms with Crippen molar-refractivity contribution in [2.75, 3.05) is 27.9 Å². The molecule has 0 radical (unpaired) electrons. The van der Waals surface area contributed by atoms with Gasteiger partial charge in [-0.1, -0.05) is 35.3 Å². The average Bonchev–Trinajstić information content (AvgIpc) is 3.78. The third-order valence-corrected chi connectivity index (χ3v) is 7.14. The normalized spacial score (nSPS) is 13.5. The lowest BCUT2D eigenvalue weighted by atomic mass is 10.0. The number of carbonyl (C=O) groups excluding carboxylic acids is 1. The minimum absolute atomic E-state index is 0.0905. The van der Waals surface area contributed by atoms with E-state index in [2.05, 4.69) is 9.72 Å². The van der Waals surface area contributed by atoms with Gasteiger partial charge in [0.25, 0.3) is 0 Å². The van der Waals surface area contributed by atoms with E-state index in [-0.39, 0.29) is 24.5 Å². The number of aromatic nitrogens is 1. The fourth-order valence-electron chi connectivity index (χ4n) is 4.10. The highest BCUT2D eigenvalue weighted by Gasteiger charge is 2.26. The van der Waals surface area contributed by atoms with E-state index >= 15 is 0 Å².